The number of amides is 1. The van der Waals surface area contributed by atoms with Crippen molar-refractivity contribution >= 4 is 5.91 Å². The van der Waals surface area contributed by atoms with E-state index in [2.05, 4.69) is 29.7 Å². The van der Waals surface area contributed by atoms with Gasteiger partial charge in [0.15, 0.2) is 0 Å². The summed E-state index contributed by atoms with van der Waals surface area (Å²) in [6, 6.07) is 17.3. The lowest BCUT2D eigenvalue weighted by atomic mass is 10.00. The van der Waals surface area contributed by atoms with Crippen LogP contribution in [0.3, 0.4) is 0 Å². The van der Waals surface area contributed by atoms with E-state index in [4.69, 9.17) is 4.74 Å². The minimum Gasteiger partial charge on any atom is -0.494 e. The summed E-state index contributed by atoms with van der Waals surface area (Å²) < 4.78 is 33.0. The summed E-state index contributed by atoms with van der Waals surface area (Å²) in [6.45, 7) is 5.12. The quantitative estimate of drug-likeness (QED) is 0.358. The third-order valence-electron chi connectivity index (χ3n) is 5.65. The minimum absolute atomic E-state index is 0.0553. The minimum atomic E-state index is -1.00. The molecule has 0 bridgehead atoms. The van der Waals surface area contributed by atoms with Gasteiger partial charge in [-0.1, -0.05) is 37.3 Å². The van der Waals surface area contributed by atoms with Gasteiger partial charge in [0, 0.05) is 24.7 Å². The van der Waals surface area contributed by atoms with Crippen LogP contribution in [0.25, 0.3) is 0 Å². The number of aliphatic hydroxyl groups excluding tert-OH is 1. The van der Waals surface area contributed by atoms with E-state index in [-0.39, 0.29) is 13.0 Å². The first-order valence-corrected chi connectivity index (χ1v) is 11.8. The van der Waals surface area contributed by atoms with Crippen molar-refractivity contribution in [1.29, 1.82) is 0 Å². The van der Waals surface area contributed by atoms with Crippen molar-refractivity contribution in [2.45, 2.75) is 45.4 Å². The Balaban J connectivity index is 1.72. The monoisotopic (exact) mass is 482 g/mol. The van der Waals surface area contributed by atoms with E-state index in [1.807, 2.05) is 19.1 Å². The topological polar surface area (TPSA) is 70.6 Å². The largest absolute Gasteiger partial charge is 0.494 e. The molecule has 5 nitrogen and oxygen atoms in total. The maximum absolute atomic E-state index is 13.8. The second-order valence-electron chi connectivity index (χ2n) is 8.39. The van der Waals surface area contributed by atoms with Gasteiger partial charge >= 0.3 is 0 Å². The predicted molar refractivity (Wildman–Crippen MR) is 132 cm³/mol. The molecule has 3 aromatic carbocycles. The first kappa shape index (κ1) is 26.3. The smallest absolute Gasteiger partial charge is 0.251 e. The molecule has 0 aliphatic rings. The SMILES string of the molecule is CCOc1cccc(C(=O)NC(Cc2cc(F)cc(F)c2)C(O)CNCc2cccc(CC)c2)c1. The highest BCUT2D eigenvalue weighted by molar-refractivity contribution is 5.94. The van der Waals surface area contributed by atoms with E-state index < -0.39 is 29.7 Å². The van der Waals surface area contributed by atoms with Gasteiger partial charge in [-0.05, 0) is 66.8 Å². The number of aliphatic hydroxyl groups is 1. The van der Waals surface area contributed by atoms with Crippen molar-refractivity contribution in [1.82, 2.24) is 10.6 Å². The molecule has 3 rings (SSSR count). The molecule has 2 unspecified atom stereocenters. The number of rotatable bonds is 12. The van der Waals surface area contributed by atoms with Crippen LogP contribution in [0.5, 0.6) is 5.75 Å². The summed E-state index contributed by atoms with van der Waals surface area (Å²) in [6.07, 6.45) is -0.0198. The number of hydrogen-bond acceptors (Lipinski definition) is 4. The summed E-state index contributed by atoms with van der Waals surface area (Å²) in [5, 5.41) is 17.0. The van der Waals surface area contributed by atoms with Crippen LogP contribution in [0.1, 0.15) is 40.9 Å². The molecule has 7 heteroatoms. The number of carbonyl (C=O) groups is 1. The van der Waals surface area contributed by atoms with E-state index in [0.29, 0.717) is 30.0 Å². The molecule has 0 radical (unpaired) electrons. The van der Waals surface area contributed by atoms with Crippen LogP contribution in [-0.4, -0.2) is 36.3 Å². The third kappa shape index (κ3) is 8.16. The van der Waals surface area contributed by atoms with E-state index in [1.165, 1.54) is 17.7 Å². The van der Waals surface area contributed by atoms with Crippen molar-refractivity contribution in [3.8, 4) is 5.75 Å². The molecule has 35 heavy (non-hydrogen) atoms. The fourth-order valence-corrected chi connectivity index (χ4v) is 3.88. The maximum Gasteiger partial charge on any atom is 0.251 e. The summed E-state index contributed by atoms with van der Waals surface area (Å²) in [7, 11) is 0. The van der Waals surface area contributed by atoms with E-state index in [9.17, 15) is 18.7 Å². The van der Waals surface area contributed by atoms with Gasteiger partial charge in [-0.3, -0.25) is 4.79 Å². The van der Waals surface area contributed by atoms with Crippen LogP contribution in [0.15, 0.2) is 66.7 Å². The molecular weight excluding hydrogens is 450 g/mol. The van der Waals surface area contributed by atoms with Crippen molar-refractivity contribution in [3.63, 3.8) is 0 Å². The number of ether oxygens (including phenoxy) is 1. The third-order valence-corrected chi connectivity index (χ3v) is 5.65. The summed E-state index contributed by atoms with van der Waals surface area (Å²) in [4.78, 5) is 13.0. The van der Waals surface area contributed by atoms with Gasteiger partial charge in [-0.25, -0.2) is 8.78 Å². The Morgan fingerprint density at radius 1 is 0.943 bits per heavy atom. The fraction of sp³-hybridized carbons (Fsp3) is 0.321. The average Bonchev–Trinajstić information content (AvgIpc) is 2.83. The Morgan fingerprint density at radius 2 is 1.66 bits per heavy atom. The zero-order chi connectivity index (χ0) is 25.2. The summed E-state index contributed by atoms with van der Waals surface area (Å²) in [5.41, 5.74) is 3.00. The molecule has 0 aromatic heterocycles. The lowest BCUT2D eigenvalue weighted by Crippen LogP contribution is -2.48. The number of halogens is 2. The standard InChI is InChI=1S/C28H32F2N2O3/c1-3-19-7-5-8-20(11-19)17-31-18-27(33)26(14-21-12-23(29)16-24(30)13-21)32-28(34)22-9-6-10-25(15-22)35-4-2/h5-13,15-16,26-27,31,33H,3-4,14,17-18H2,1-2H3,(H,32,34). The van der Waals surface area contributed by atoms with E-state index in [1.54, 1.807) is 24.3 Å². The first-order valence-electron chi connectivity index (χ1n) is 11.8. The van der Waals surface area contributed by atoms with Gasteiger partial charge in [-0.2, -0.15) is 0 Å². The number of nitrogens with one attached hydrogen (secondary N) is 2. The number of benzene rings is 3. The molecule has 186 valence electrons. The summed E-state index contributed by atoms with van der Waals surface area (Å²) >= 11 is 0. The van der Waals surface area contributed by atoms with Gasteiger partial charge in [0.05, 0.1) is 18.8 Å². The molecule has 0 saturated carbocycles. The predicted octanol–water partition coefficient (Wildman–Crippen LogP) is 4.42. The van der Waals surface area contributed by atoms with Crippen LogP contribution in [-0.2, 0) is 19.4 Å². The fourth-order valence-electron chi connectivity index (χ4n) is 3.88. The van der Waals surface area contributed by atoms with Crippen LogP contribution in [0.4, 0.5) is 8.78 Å². The van der Waals surface area contributed by atoms with Crippen molar-refractivity contribution in [3.05, 3.63) is 101 Å². The van der Waals surface area contributed by atoms with Gasteiger partial charge in [-0.15, -0.1) is 0 Å². The van der Waals surface area contributed by atoms with Crippen LogP contribution >= 0.6 is 0 Å². The highest BCUT2D eigenvalue weighted by Gasteiger charge is 2.23. The molecule has 0 fully saturated rings. The molecule has 0 saturated heterocycles. The molecular formula is C28H32F2N2O3. The van der Waals surface area contributed by atoms with Gasteiger partial charge in [0.2, 0.25) is 0 Å². The van der Waals surface area contributed by atoms with Gasteiger partial charge in [0.1, 0.15) is 17.4 Å². The van der Waals surface area contributed by atoms with Crippen molar-refractivity contribution in [2.24, 2.45) is 0 Å². The number of aryl methyl sites for hydroxylation is 1. The Morgan fingerprint density at radius 3 is 2.37 bits per heavy atom. The molecule has 0 aliphatic carbocycles. The lowest BCUT2D eigenvalue weighted by Gasteiger charge is -2.25. The highest BCUT2D eigenvalue weighted by Crippen LogP contribution is 2.16. The van der Waals surface area contributed by atoms with Crippen molar-refractivity contribution in [2.75, 3.05) is 13.2 Å². The average molecular weight is 483 g/mol. The van der Waals surface area contributed by atoms with Gasteiger partial charge in [0.25, 0.3) is 5.91 Å². The molecule has 0 spiro atoms. The maximum atomic E-state index is 13.8. The van der Waals surface area contributed by atoms with Gasteiger partial charge < -0.3 is 20.5 Å². The van der Waals surface area contributed by atoms with Crippen LogP contribution in [0, 0.1) is 11.6 Å². The second-order valence-corrected chi connectivity index (χ2v) is 8.39. The zero-order valence-corrected chi connectivity index (χ0v) is 20.1. The molecule has 1 amide bonds. The number of carbonyl (C=O) groups excluding carboxylic acids is 1. The Hall–Kier alpha value is -3.29. The highest BCUT2D eigenvalue weighted by atomic mass is 19.1. The second kappa shape index (κ2) is 13.0. The lowest BCUT2D eigenvalue weighted by molar-refractivity contribution is 0.0829. The Kier molecular flexibility index (Phi) is 9.76. The Labute approximate surface area is 205 Å². The molecule has 2 atom stereocenters. The van der Waals surface area contributed by atoms with Crippen molar-refractivity contribution < 1.29 is 23.4 Å². The molecule has 0 aliphatic heterocycles. The zero-order valence-electron chi connectivity index (χ0n) is 20.1. The Bertz CT molecular complexity index is 1100. The molecule has 3 aromatic rings. The summed E-state index contributed by atoms with van der Waals surface area (Å²) in [5.74, 6) is -1.28. The number of hydrogen-bond donors (Lipinski definition) is 3. The van der Waals surface area contributed by atoms with Crippen LogP contribution < -0.4 is 15.4 Å². The first-order chi connectivity index (χ1) is 16.9. The van der Waals surface area contributed by atoms with E-state index in [0.717, 1.165) is 18.1 Å². The molecule has 3 N–H and O–H groups in total. The molecule has 0 heterocycles. The normalized spacial score (nSPS) is 12.7. The van der Waals surface area contributed by atoms with Crippen LogP contribution in [0.2, 0.25) is 0 Å². The van der Waals surface area contributed by atoms with E-state index >= 15 is 0 Å².